The van der Waals surface area contributed by atoms with Crippen molar-refractivity contribution in [3.63, 3.8) is 0 Å². The quantitative estimate of drug-likeness (QED) is 0.346. The van der Waals surface area contributed by atoms with Gasteiger partial charge in [-0.2, -0.15) is 9.78 Å². The summed E-state index contributed by atoms with van der Waals surface area (Å²) in [6.45, 7) is 5.67. The van der Waals surface area contributed by atoms with Crippen LogP contribution in [0.3, 0.4) is 0 Å². The van der Waals surface area contributed by atoms with Crippen molar-refractivity contribution in [3.8, 4) is 27.0 Å². The summed E-state index contributed by atoms with van der Waals surface area (Å²) >= 11 is 16.9. The molecule has 1 unspecified atom stereocenters. The van der Waals surface area contributed by atoms with Gasteiger partial charge in [-0.25, -0.2) is 9.78 Å². The number of carbonyl (C=O) groups is 1. The van der Waals surface area contributed by atoms with Crippen LogP contribution in [0, 0.1) is 13.8 Å². The van der Waals surface area contributed by atoms with E-state index in [1.807, 2.05) is 19.1 Å². The summed E-state index contributed by atoms with van der Waals surface area (Å²) < 4.78 is 2.36. The van der Waals surface area contributed by atoms with Crippen LogP contribution >= 0.6 is 57.6 Å². The van der Waals surface area contributed by atoms with Gasteiger partial charge in [0.2, 0.25) is 5.13 Å². The summed E-state index contributed by atoms with van der Waals surface area (Å²) in [6.07, 6.45) is 0. The molecule has 0 saturated heterocycles. The van der Waals surface area contributed by atoms with Crippen LogP contribution in [0.1, 0.15) is 38.9 Å². The van der Waals surface area contributed by atoms with Gasteiger partial charge in [0, 0.05) is 10.8 Å². The number of hydrogen-bond acceptors (Lipinski definition) is 8. The molecule has 31 heavy (non-hydrogen) atoms. The molecule has 0 aliphatic carbocycles. The highest BCUT2D eigenvalue weighted by molar-refractivity contribution is 8.01. The summed E-state index contributed by atoms with van der Waals surface area (Å²) in [6, 6.07) is 3.69. The molecule has 3 aromatic heterocycles. The van der Waals surface area contributed by atoms with Crippen LogP contribution in [0.2, 0.25) is 10.0 Å². The molecule has 0 bridgehead atoms. The molecule has 0 amide bonds. The lowest BCUT2D eigenvalue weighted by Gasteiger charge is -2.21. The maximum atomic E-state index is 12.2. The van der Waals surface area contributed by atoms with E-state index in [4.69, 9.17) is 28.2 Å². The van der Waals surface area contributed by atoms with Gasteiger partial charge in [0.1, 0.15) is 5.01 Å². The van der Waals surface area contributed by atoms with Crippen molar-refractivity contribution in [2.24, 2.45) is 0 Å². The number of carboxylic acids is 1. The van der Waals surface area contributed by atoms with Crippen molar-refractivity contribution in [2.75, 3.05) is 0 Å². The zero-order valence-electron chi connectivity index (χ0n) is 16.3. The van der Waals surface area contributed by atoms with Crippen LogP contribution in [-0.2, 0) is 0 Å². The Hall–Kier alpha value is -1.98. The van der Waals surface area contributed by atoms with E-state index in [-0.39, 0.29) is 10.9 Å². The lowest BCUT2D eigenvalue weighted by Crippen LogP contribution is -2.09. The molecule has 1 aliphatic rings. The van der Waals surface area contributed by atoms with Crippen LogP contribution in [0.5, 0.6) is 0 Å². The van der Waals surface area contributed by atoms with Gasteiger partial charge >= 0.3 is 5.97 Å². The van der Waals surface area contributed by atoms with Crippen LogP contribution < -0.4 is 0 Å². The number of thioether (sulfide) groups is 1. The molecule has 1 aliphatic heterocycles. The van der Waals surface area contributed by atoms with E-state index in [1.54, 1.807) is 18.7 Å². The average molecular weight is 510 g/mol. The molecule has 0 spiro atoms. The Labute approximate surface area is 199 Å². The van der Waals surface area contributed by atoms with Gasteiger partial charge in [0.05, 0.1) is 31.2 Å². The fraction of sp³-hybridized carbons (Fsp3) is 0.211. The molecule has 1 atom stereocenters. The number of aryl methyl sites for hydroxylation is 2. The minimum atomic E-state index is -1.10. The van der Waals surface area contributed by atoms with E-state index >= 15 is 0 Å². The lowest BCUT2D eigenvalue weighted by atomic mass is 10.0. The smallest absolute Gasteiger partial charge is 0.355 e. The van der Waals surface area contributed by atoms with Crippen LogP contribution in [-0.4, -0.2) is 36.0 Å². The number of fused-ring (bicyclic) bond motifs is 3. The highest BCUT2D eigenvalue weighted by Gasteiger charge is 2.31. The summed E-state index contributed by atoms with van der Waals surface area (Å²) in [7, 11) is 0. The van der Waals surface area contributed by atoms with E-state index in [9.17, 15) is 9.90 Å². The standard InChI is InChI=1S/C19H13Cl2N5O2S3/c1-6-13(16-24-23-8(3)30-16)15(17(27)28)26(25-6)19-22-14-10-5-12(21)11(20)4-9(10)7(2)29-18(14)31-19/h4-5,7H,1-3H3,(H,27,28). The Morgan fingerprint density at radius 1 is 1.16 bits per heavy atom. The first-order chi connectivity index (χ1) is 14.7. The number of thiazole rings is 1. The highest BCUT2D eigenvalue weighted by Crippen LogP contribution is 2.53. The number of carboxylic acid groups (broad SMARTS) is 1. The highest BCUT2D eigenvalue weighted by atomic mass is 35.5. The second-order valence-electron chi connectivity index (χ2n) is 6.90. The first-order valence-corrected chi connectivity index (χ1v) is 12.3. The molecule has 1 aromatic carbocycles. The molecular formula is C19H13Cl2N5O2S3. The third kappa shape index (κ3) is 3.37. The third-order valence-corrected chi connectivity index (χ3v) is 8.80. The number of hydrogen-bond donors (Lipinski definition) is 1. The Morgan fingerprint density at radius 3 is 2.58 bits per heavy atom. The van der Waals surface area contributed by atoms with Gasteiger partial charge in [-0.1, -0.05) is 45.9 Å². The SMILES string of the molecule is Cc1nnc(-c2c(C)nn(-c3nc4c(s3)SC(C)c3cc(Cl)c(Cl)cc3-4)c2C(=O)O)s1. The van der Waals surface area contributed by atoms with Crippen LogP contribution in [0.25, 0.3) is 27.0 Å². The van der Waals surface area contributed by atoms with Gasteiger partial charge in [0.25, 0.3) is 0 Å². The fourth-order valence-corrected chi connectivity index (χ4v) is 7.14. The van der Waals surface area contributed by atoms with Gasteiger partial charge in [0.15, 0.2) is 10.7 Å². The number of aromatic carboxylic acids is 1. The second kappa shape index (κ2) is 7.56. The molecule has 7 nitrogen and oxygen atoms in total. The van der Waals surface area contributed by atoms with E-state index in [2.05, 4.69) is 22.2 Å². The summed E-state index contributed by atoms with van der Waals surface area (Å²) in [5, 5.41) is 25.5. The zero-order chi connectivity index (χ0) is 22.0. The van der Waals surface area contributed by atoms with Crippen molar-refractivity contribution < 1.29 is 9.90 Å². The topological polar surface area (TPSA) is 93.8 Å². The molecule has 158 valence electrons. The molecule has 0 radical (unpaired) electrons. The molecule has 4 heterocycles. The van der Waals surface area contributed by atoms with E-state index in [0.717, 1.165) is 26.0 Å². The van der Waals surface area contributed by atoms with E-state index in [1.165, 1.54) is 27.4 Å². The Morgan fingerprint density at radius 2 is 1.90 bits per heavy atom. The monoisotopic (exact) mass is 509 g/mol. The molecule has 0 saturated carbocycles. The Bertz CT molecular complexity index is 1380. The van der Waals surface area contributed by atoms with Crippen molar-refractivity contribution in [2.45, 2.75) is 30.2 Å². The van der Waals surface area contributed by atoms with Crippen LogP contribution in [0.15, 0.2) is 16.3 Å². The zero-order valence-corrected chi connectivity index (χ0v) is 20.3. The van der Waals surface area contributed by atoms with Gasteiger partial charge in [-0.15, -0.1) is 22.0 Å². The van der Waals surface area contributed by atoms with Crippen LogP contribution in [0.4, 0.5) is 0 Å². The van der Waals surface area contributed by atoms with E-state index < -0.39 is 5.97 Å². The average Bonchev–Trinajstić information content (AvgIpc) is 3.39. The van der Waals surface area contributed by atoms with Crippen molar-refractivity contribution >= 4 is 63.6 Å². The molecule has 4 aromatic rings. The maximum absolute atomic E-state index is 12.2. The first kappa shape index (κ1) is 20.9. The first-order valence-electron chi connectivity index (χ1n) is 9.05. The number of benzene rings is 1. The largest absolute Gasteiger partial charge is 0.476 e. The molecule has 1 N–H and O–H groups in total. The summed E-state index contributed by atoms with van der Waals surface area (Å²) in [4.78, 5) is 17.0. The molecular weight excluding hydrogens is 497 g/mol. The molecule has 5 rings (SSSR count). The van der Waals surface area contributed by atoms with Gasteiger partial charge in [-0.3, -0.25) is 0 Å². The second-order valence-corrected chi connectivity index (χ2v) is 11.5. The maximum Gasteiger partial charge on any atom is 0.355 e. The molecule has 12 heteroatoms. The van der Waals surface area contributed by atoms with Crippen molar-refractivity contribution in [3.05, 3.63) is 44.1 Å². The predicted molar refractivity (Wildman–Crippen MR) is 124 cm³/mol. The predicted octanol–water partition coefficient (Wildman–Crippen LogP) is 6.30. The fourth-order valence-electron chi connectivity index (χ4n) is 3.48. The third-order valence-electron chi connectivity index (χ3n) is 4.84. The number of nitrogens with zero attached hydrogens (tertiary/aromatic N) is 5. The summed E-state index contributed by atoms with van der Waals surface area (Å²) in [5.41, 5.74) is 3.74. The minimum absolute atomic E-state index is 0.0205. The van der Waals surface area contributed by atoms with Crippen molar-refractivity contribution in [1.29, 1.82) is 0 Å². The lowest BCUT2D eigenvalue weighted by molar-refractivity contribution is 0.0688. The Kier molecular flexibility index (Phi) is 5.10. The molecule has 0 fully saturated rings. The summed E-state index contributed by atoms with van der Waals surface area (Å²) in [5.74, 6) is -1.10. The van der Waals surface area contributed by atoms with E-state index in [0.29, 0.717) is 31.4 Å². The van der Waals surface area contributed by atoms with Gasteiger partial charge < -0.3 is 5.11 Å². The van der Waals surface area contributed by atoms with Crippen molar-refractivity contribution in [1.82, 2.24) is 25.0 Å². The normalized spacial score (nSPS) is 15.1. The minimum Gasteiger partial charge on any atom is -0.476 e. The Balaban J connectivity index is 1.70. The number of rotatable bonds is 3. The van der Waals surface area contributed by atoms with Gasteiger partial charge in [-0.05, 0) is 38.5 Å². The number of aromatic nitrogens is 5. The number of halogens is 2.